The number of alkyl halides is 1. The molecule has 2 fully saturated rings. The first-order chi connectivity index (χ1) is 18.3. The first-order valence-corrected chi connectivity index (χ1v) is 13.3. The van der Waals surface area contributed by atoms with Crippen molar-refractivity contribution in [3.63, 3.8) is 0 Å². The summed E-state index contributed by atoms with van der Waals surface area (Å²) in [6, 6.07) is 24.9. The Balaban J connectivity index is 1.30. The third kappa shape index (κ3) is 5.24. The van der Waals surface area contributed by atoms with Crippen molar-refractivity contribution in [3.8, 4) is 5.75 Å². The van der Waals surface area contributed by atoms with Crippen LogP contribution in [0.15, 0.2) is 91.0 Å². The number of esters is 1. The van der Waals surface area contributed by atoms with Crippen LogP contribution < -0.4 is 10.1 Å². The van der Waals surface area contributed by atoms with Gasteiger partial charge >= 0.3 is 5.97 Å². The molecule has 0 bridgehead atoms. The standard InChI is InChI=1S/C29H27FN2O5S/c1-29(30)18-38-27-23(31-22(33)17-36-21-15-9-4-10-16-21)26(34)32(27)25(29)28(35)37-24(19-11-5-2-6-12-19)20-13-7-3-8-14-20/h2-16,23-25,27H,17-18H2,1H3,(H,31,33)/t23-,25+,27+,29-/m1/s1. The second-order valence-corrected chi connectivity index (χ2v) is 10.5. The van der Waals surface area contributed by atoms with E-state index in [1.54, 1.807) is 24.3 Å². The number of nitrogens with zero attached hydrogens (tertiary/aromatic N) is 1. The maximum Gasteiger partial charge on any atom is 0.333 e. The molecular weight excluding hydrogens is 507 g/mol. The van der Waals surface area contributed by atoms with E-state index < -0.39 is 47.0 Å². The van der Waals surface area contributed by atoms with Crippen LogP contribution in [0.3, 0.4) is 0 Å². The molecule has 9 heteroatoms. The number of carbonyl (C=O) groups excluding carboxylic acids is 3. The average molecular weight is 535 g/mol. The van der Waals surface area contributed by atoms with Gasteiger partial charge < -0.3 is 19.7 Å². The Morgan fingerprint density at radius 3 is 2.13 bits per heavy atom. The molecule has 0 saturated carbocycles. The Kier molecular flexibility index (Phi) is 7.37. The first-order valence-electron chi connectivity index (χ1n) is 12.3. The summed E-state index contributed by atoms with van der Waals surface area (Å²) >= 11 is 1.19. The number of amides is 2. The van der Waals surface area contributed by atoms with Crippen LogP contribution in [-0.4, -0.2) is 58.2 Å². The van der Waals surface area contributed by atoms with Crippen molar-refractivity contribution in [3.05, 3.63) is 102 Å². The van der Waals surface area contributed by atoms with E-state index in [2.05, 4.69) is 5.32 Å². The van der Waals surface area contributed by atoms with Crippen LogP contribution in [0.25, 0.3) is 0 Å². The van der Waals surface area contributed by atoms with Crippen LogP contribution in [0.5, 0.6) is 5.75 Å². The zero-order valence-corrected chi connectivity index (χ0v) is 21.5. The van der Waals surface area contributed by atoms with Crippen molar-refractivity contribution >= 4 is 29.5 Å². The van der Waals surface area contributed by atoms with Gasteiger partial charge in [0.05, 0.1) is 0 Å². The van der Waals surface area contributed by atoms with Gasteiger partial charge in [-0.25, -0.2) is 9.18 Å². The Bertz CT molecular complexity index is 1250. The van der Waals surface area contributed by atoms with Gasteiger partial charge in [0.25, 0.3) is 5.91 Å². The number of nitrogens with one attached hydrogen (secondary N) is 1. The smallest absolute Gasteiger partial charge is 0.333 e. The van der Waals surface area contributed by atoms with Gasteiger partial charge in [-0.15, -0.1) is 11.8 Å². The van der Waals surface area contributed by atoms with Gasteiger partial charge in [0.1, 0.15) is 22.8 Å². The molecule has 38 heavy (non-hydrogen) atoms. The highest BCUT2D eigenvalue weighted by atomic mass is 32.2. The van der Waals surface area contributed by atoms with Crippen molar-refractivity contribution in [1.29, 1.82) is 0 Å². The summed E-state index contributed by atoms with van der Waals surface area (Å²) in [6.07, 6.45) is -0.768. The summed E-state index contributed by atoms with van der Waals surface area (Å²) in [5, 5.41) is 2.08. The van der Waals surface area contributed by atoms with E-state index in [1.165, 1.54) is 23.6 Å². The number of halogens is 1. The molecule has 0 aromatic heterocycles. The average Bonchev–Trinajstić information content (AvgIpc) is 2.94. The SMILES string of the molecule is C[C@@]1(F)CS[C@H]2[C@H](NC(=O)COc3ccccc3)C(=O)N2[C@H]1C(=O)OC(c1ccccc1)c1ccccc1. The number of para-hydroxylation sites is 1. The highest BCUT2D eigenvalue weighted by Crippen LogP contribution is 2.45. The number of carbonyl (C=O) groups is 3. The lowest BCUT2D eigenvalue weighted by Gasteiger charge is -2.55. The molecule has 4 atom stereocenters. The fourth-order valence-electron chi connectivity index (χ4n) is 4.69. The normalized spacial score (nSPS) is 24.2. The predicted molar refractivity (Wildman–Crippen MR) is 141 cm³/mol. The number of ether oxygens (including phenoxy) is 2. The highest BCUT2D eigenvalue weighted by Gasteiger charge is 2.62. The van der Waals surface area contributed by atoms with Gasteiger partial charge in [-0.2, -0.15) is 0 Å². The maximum atomic E-state index is 15.7. The lowest BCUT2D eigenvalue weighted by atomic mass is 9.92. The van der Waals surface area contributed by atoms with Crippen LogP contribution in [0.2, 0.25) is 0 Å². The summed E-state index contributed by atoms with van der Waals surface area (Å²) in [7, 11) is 0. The van der Waals surface area contributed by atoms with Crippen LogP contribution in [-0.2, 0) is 19.1 Å². The fraction of sp³-hybridized carbons (Fsp3) is 0.276. The van der Waals surface area contributed by atoms with Gasteiger partial charge in [0.2, 0.25) is 5.91 Å². The number of benzene rings is 3. The molecule has 0 radical (unpaired) electrons. The number of β-lactam (4-membered cyclic amide) rings is 1. The van der Waals surface area contributed by atoms with Crippen molar-refractivity contribution in [2.24, 2.45) is 0 Å². The van der Waals surface area contributed by atoms with Gasteiger partial charge in [-0.05, 0) is 30.2 Å². The molecule has 196 valence electrons. The Labute approximate surface area is 224 Å². The third-order valence-corrected chi connectivity index (χ3v) is 8.13. The highest BCUT2D eigenvalue weighted by molar-refractivity contribution is 8.00. The summed E-state index contributed by atoms with van der Waals surface area (Å²) in [5.41, 5.74) is -0.558. The minimum Gasteiger partial charge on any atom is -0.484 e. The van der Waals surface area contributed by atoms with E-state index in [9.17, 15) is 14.4 Å². The number of hydrogen-bond donors (Lipinski definition) is 1. The van der Waals surface area contributed by atoms with E-state index in [-0.39, 0.29) is 12.4 Å². The number of rotatable bonds is 8. The van der Waals surface area contributed by atoms with E-state index >= 15 is 4.39 Å². The van der Waals surface area contributed by atoms with Crippen molar-refractivity contribution in [2.45, 2.75) is 36.2 Å². The molecule has 0 spiro atoms. The maximum absolute atomic E-state index is 15.7. The fourth-order valence-corrected chi connectivity index (χ4v) is 6.11. The van der Waals surface area contributed by atoms with E-state index in [0.29, 0.717) is 5.75 Å². The zero-order chi connectivity index (χ0) is 26.7. The lowest BCUT2D eigenvalue weighted by Crippen LogP contribution is -2.78. The van der Waals surface area contributed by atoms with E-state index in [4.69, 9.17) is 9.47 Å². The monoisotopic (exact) mass is 534 g/mol. The Morgan fingerprint density at radius 1 is 1.00 bits per heavy atom. The summed E-state index contributed by atoms with van der Waals surface area (Å²) in [5.74, 6) is -1.34. The van der Waals surface area contributed by atoms with E-state index in [0.717, 1.165) is 11.1 Å². The summed E-state index contributed by atoms with van der Waals surface area (Å²) in [4.78, 5) is 40.3. The van der Waals surface area contributed by atoms with Crippen molar-refractivity contribution in [2.75, 3.05) is 12.4 Å². The number of hydrogen-bond acceptors (Lipinski definition) is 6. The first kappa shape index (κ1) is 25.8. The van der Waals surface area contributed by atoms with Crippen LogP contribution in [0, 0.1) is 0 Å². The molecule has 2 saturated heterocycles. The molecule has 3 aromatic carbocycles. The summed E-state index contributed by atoms with van der Waals surface area (Å²) < 4.78 is 27.1. The molecular formula is C29H27FN2O5S. The largest absolute Gasteiger partial charge is 0.484 e. The Morgan fingerprint density at radius 2 is 1.55 bits per heavy atom. The summed E-state index contributed by atoms with van der Waals surface area (Å²) in [6.45, 7) is 1.03. The van der Waals surface area contributed by atoms with Gasteiger partial charge in [0, 0.05) is 5.75 Å². The molecule has 1 N–H and O–H groups in total. The van der Waals surface area contributed by atoms with Gasteiger partial charge in [-0.1, -0.05) is 78.9 Å². The van der Waals surface area contributed by atoms with Crippen molar-refractivity contribution < 1.29 is 28.2 Å². The topological polar surface area (TPSA) is 84.9 Å². The molecule has 7 nitrogen and oxygen atoms in total. The molecule has 2 heterocycles. The van der Waals surface area contributed by atoms with Crippen LogP contribution in [0.1, 0.15) is 24.2 Å². The number of thioether (sulfide) groups is 1. The third-order valence-electron chi connectivity index (χ3n) is 6.56. The van der Waals surface area contributed by atoms with Gasteiger partial charge in [-0.3, -0.25) is 9.59 Å². The minimum absolute atomic E-state index is 0.0323. The van der Waals surface area contributed by atoms with E-state index in [1.807, 2.05) is 66.7 Å². The van der Waals surface area contributed by atoms with Crippen molar-refractivity contribution in [1.82, 2.24) is 10.2 Å². The Hall–Kier alpha value is -3.85. The molecule has 2 amide bonds. The second kappa shape index (κ2) is 10.9. The quantitative estimate of drug-likeness (QED) is 0.349. The molecule has 0 aliphatic carbocycles. The molecule has 3 aromatic rings. The van der Waals surface area contributed by atoms with Gasteiger partial charge in [0.15, 0.2) is 18.8 Å². The second-order valence-electron chi connectivity index (χ2n) is 9.41. The molecule has 0 unspecified atom stereocenters. The zero-order valence-electron chi connectivity index (χ0n) is 20.7. The molecule has 2 aliphatic rings. The number of fused-ring (bicyclic) bond motifs is 1. The minimum atomic E-state index is -2.02. The lowest BCUT2D eigenvalue weighted by molar-refractivity contribution is -0.175. The molecule has 5 rings (SSSR count). The van der Waals surface area contributed by atoms with Crippen LogP contribution in [0.4, 0.5) is 4.39 Å². The predicted octanol–water partition coefficient (Wildman–Crippen LogP) is 3.89. The molecule has 2 aliphatic heterocycles. The van der Waals surface area contributed by atoms with Crippen LogP contribution >= 0.6 is 11.8 Å².